The van der Waals surface area contributed by atoms with Gasteiger partial charge in [-0.25, -0.2) is 22.8 Å². The lowest BCUT2D eigenvalue weighted by atomic mass is 10.3. The average molecular weight is 433 g/mol. The van der Waals surface area contributed by atoms with Gasteiger partial charge >= 0.3 is 11.9 Å². The van der Waals surface area contributed by atoms with Crippen LogP contribution in [0.15, 0.2) is 27.8 Å². The Balaban J connectivity index is 2.82. The maximum atomic E-state index is 13.5. The number of benzene rings is 1. The molecule has 1 aromatic heterocycles. The van der Waals surface area contributed by atoms with Crippen LogP contribution in [0.5, 0.6) is 0 Å². The molecule has 0 saturated carbocycles. The highest BCUT2D eigenvalue weighted by molar-refractivity contribution is 14.1. The fraction of sp³-hybridized carbons (Fsp3) is 0.0909. The van der Waals surface area contributed by atoms with E-state index >= 15 is 0 Å². The van der Waals surface area contributed by atoms with Gasteiger partial charge in [-0.1, -0.05) is 0 Å². The summed E-state index contributed by atoms with van der Waals surface area (Å²) < 4.78 is 64.2. The van der Waals surface area contributed by atoms with Crippen molar-refractivity contribution in [3.8, 4) is 5.69 Å². The van der Waals surface area contributed by atoms with E-state index < -0.39 is 44.0 Å². The second-order valence-electron chi connectivity index (χ2n) is 4.08. The quantitative estimate of drug-likeness (QED) is 0.322. The van der Waals surface area contributed by atoms with E-state index in [0.29, 0.717) is 12.1 Å². The molecule has 2 N–H and O–H groups in total. The third-order valence-electron chi connectivity index (χ3n) is 2.65. The highest BCUT2D eigenvalue weighted by Gasteiger charge is 2.35. The first-order valence-corrected chi connectivity index (χ1v) is 6.48. The lowest BCUT2D eigenvalue weighted by molar-refractivity contribution is -0.143. The maximum absolute atomic E-state index is 13.5. The van der Waals surface area contributed by atoms with Crippen molar-refractivity contribution in [1.29, 1.82) is 0 Å². The molecule has 0 aliphatic heterocycles. The first kappa shape index (κ1) is 16.5. The Morgan fingerprint density at radius 2 is 1.55 bits per heavy atom. The normalized spacial score (nSPS) is 11.7. The molecule has 0 spiro atoms. The molecule has 0 bridgehead atoms. The summed E-state index contributed by atoms with van der Waals surface area (Å²) in [6, 6.07) is 1.34. The second kappa shape index (κ2) is 5.37. The molecule has 22 heavy (non-hydrogen) atoms. The number of nitrogens with zero attached hydrogens (tertiary/aromatic N) is 2. The van der Waals surface area contributed by atoms with Gasteiger partial charge < -0.3 is 5.84 Å². The third kappa shape index (κ3) is 2.71. The van der Waals surface area contributed by atoms with Gasteiger partial charge in [-0.15, -0.1) is 0 Å². The van der Waals surface area contributed by atoms with E-state index in [-0.39, 0.29) is 15.3 Å². The van der Waals surface area contributed by atoms with E-state index in [1.165, 1.54) is 22.6 Å². The van der Waals surface area contributed by atoms with Gasteiger partial charge in [0.1, 0.15) is 11.6 Å². The van der Waals surface area contributed by atoms with Crippen LogP contribution in [0.1, 0.15) is 5.69 Å². The molecule has 1 aromatic carbocycles. The minimum Gasteiger partial charge on any atom is -0.335 e. The van der Waals surface area contributed by atoms with E-state index in [2.05, 4.69) is 0 Å². The smallest absolute Gasteiger partial charge is 0.335 e. The fourth-order valence-corrected chi connectivity index (χ4v) is 1.99. The lowest BCUT2D eigenvalue weighted by Crippen LogP contribution is -2.45. The standard InChI is InChI=1S/C11H5F5IN3O2/c12-5-1-4(2-6(13)9(5)17)19-8(21)3-7(11(14,15)16)20(18)10(19)22/h1-3H,18H2. The number of hydrogen-bond donors (Lipinski definition) is 1. The van der Waals surface area contributed by atoms with Crippen LogP contribution in [0.25, 0.3) is 5.69 Å². The van der Waals surface area contributed by atoms with Crippen LogP contribution >= 0.6 is 22.6 Å². The van der Waals surface area contributed by atoms with E-state index in [1.807, 2.05) is 0 Å². The van der Waals surface area contributed by atoms with Crippen LogP contribution in [-0.4, -0.2) is 9.24 Å². The van der Waals surface area contributed by atoms with Crippen LogP contribution < -0.4 is 17.1 Å². The van der Waals surface area contributed by atoms with Crippen molar-refractivity contribution in [3.63, 3.8) is 0 Å². The van der Waals surface area contributed by atoms with Crippen LogP contribution in [0, 0.1) is 15.2 Å². The van der Waals surface area contributed by atoms with Crippen molar-refractivity contribution >= 4 is 22.6 Å². The highest BCUT2D eigenvalue weighted by Crippen LogP contribution is 2.26. The summed E-state index contributed by atoms with van der Waals surface area (Å²) in [5.41, 5.74) is -5.25. The van der Waals surface area contributed by atoms with Crippen molar-refractivity contribution in [3.05, 3.63) is 59.9 Å². The lowest BCUT2D eigenvalue weighted by Gasteiger charge is -2.13. The van der Waals surface area contributed by atoms with Gasteiger partial charge in [0.25, 0.3) is 5.56 Å². The van der Waals surface area contributed by atoms with E-state index in [4.69, 9.17) is 5.84 Å². The molecule has 11 heteroatoms. The number of aromatic nitrogens is 2. The van der Waals surface area contributed by atoms with Gasteiger partial charge in [-0.05, 0) is 34.7 Å². The van der Waals surface area contributed by atoms with Crippen LogP contribution in [0.3, 0.4) is 0 Å². The minimum absolute atomic E-state index is 0.0647. The Bertz CT molecular complexity index is 848. The first-order valence-electron chi connectivity index (χ1n) is 5.40. The van der Waals surface area contributed by atoms with Crippen molar-refractivity contribution in [1.82, 2.24) is 9.24 Å². The number of nitrogen functional groups attached to an aromatic ring is 1. The maximum Gasteiger partial charge on any atom is 0.433 e. The summed E-state index contributed by atoms with van der Waals surface area (Å²) >= 11 is 1.35. The van der Waals surface area contributed by atoms with Gasteiger partial charge in [-0.3, -0.25) is 4.79 Å². The zero-order chi connectivity index (χ0) is 16.8. The SMILES string of the molecule is Nn1c(C(F)(F)F)cc(=O)n(-c2cc(F)c(I)c(F)c2)c1=O. The molecule has 118 valence electrons. The topological polar surface area (TPSA) is 70.0 Å². The van der Waals surface area contributed by atoms with Crippen molar-refractivity contribution in [2.75, 3.05) is 5.84 Å². The number of nitrogens with two attached hydrogens (primary N) is 1. The largest absolute Gasteiger partial charge is 0.433 e. The summed E-state index contributed by atoms with van der Waals surface area (Å²) in [4.78, 5) is 23.5. The van der Waals surface area contributed by atoms with E-state index in [1.54, 1.807) is 0 Å². The zero-order valence-electron chi connectivity index (χ0n) is 10.3. The Morgan fingerprint density at radius 1 is 1.05 bits per heavy atom. The van der Waals surface area contributed by atoms with Gasteiger partial charge in [0.05, 0.1) is 9.26 Å². The van der Waals surface area contributed by atoms with E-state index in [0.717, 1.165) is 0 Å². The van der Waals surface area contributed by atoms with Gasteiger partial charge in [0.2, 0.25) is 0 Å². The molecule has 1 heterocycles. The molecular formula is C11H5F5IN3O2. The summed E-state index contributed by atoms with van der Waals surface area (Å²) in [6.07, 6.45) is -5.03. The van der Waals surface area contributed by atoms with Crippen LogP contribution in [0.4, 0.5) is 22.0 Å². The zero-order valence-corrected chi connectivity index (χ0v) is 12.4. The molecule has 0 fully saturated rings. The summed E-state index contributed by atoms with van der Waals surface area (Å²) in [6.45, 7) is 0. The number of rotatable bonds is 1. The number of hydrogen-bond acceptors (Lipinski definition) is 3. The van der Waals surface area contributed by atoms with Gasteiger partial charge in [-0.2, -0.15) is 13.2 Å². The molecule has 5 nitrogen and oxygen atoms in total. The number of halogens is 6. The molecule has 0 amide bonds. The van der Waals surface area contributed by atoms with Gasteiger partial charge in [0, 0.05) is 6.07 Å². The monoisotopic (exact) mass is 433 g/mol. The second-order valence-corrected chi connectivity index (χ2v) is 5.16. The molecule has 2 aromatic rings. The minimum atomic E-state index is -5.03. The first-order chi connectivity index (χ1) is 10.0. The van der Waals surface area contributed by atoms with Crippen LogP contribution in [0.2, 0.25) is 0 Å². The predicted octanol–water partition coefficient (Wildman–Crippen LogP) is 1.61. The Hall–Kier alpha value is -1.92. The van der Waals surface area contributed by atoms with Crippen molar-refractivity contribution < 1.29 is 22.0 Å². The van der Waals surface area contributed by atoms with Gasteiger partial charge in [0.15, 0.2) is 5.69 Å². The number of alkyl halides is 3. The fourth-order valence-electron chi connectivity index (χ4n) is 1.68. The Kier molecular flexibility index (Phi) is 4.02. The molecule has 0 aliphatic rings. The average Bonchev–Trinajstić information content (AvgIpc) is 2.39. The predicted molar refractivity (Wildman–Crippen MR) is 74.1 cm³/mol. The van der Waals surface area contributed by atoms with Crippen molar-refractivity contribution in [2.45, 2.75) is 6.18 Å². The molecule has 0 atom stereocenters. The molecular weight excluding hydrogens is 428 g/mol. The molecule has 2 rings (SSSR count). The third-order valence-corrected chi connectivity index (χ3v) is 3.69. The Labute approximate surface area is 131 Å². The Morgan fingerprint density at radius 3 is 2.00 bits per heavy atom. The molecule has 0 saturated heterocycles. The molecule has 0 aliphatic carbocycles. The van der Waals surface area contributed by atoms with Crippen LogP contribution in [-0.2, 0) is 6.18 Å². The molecule has 0 unspecified atom stereocenters. The highest BCUT2D eigenvalue weighted by atomic mass is 127. The van der Waals surface area contributed by atoms with Crippen molar-refractivity contribution in [2.24, 2.45) is 0 Å². The molecule has 0 radical (unpaired) electrons. The summed E-state index contributed by atoms with van der Waals surface area (Å²) in [5.74, 6) is 2.86. The summed E-state index contributed by atoms with van der Waals surface area (Å²) in [7, 11) is 0. The van der Waals surface area contributed by atoms with E-state index in [9.17, 15) is 31.5 Å². The summed E-state index contributed by atoms with van der Waals surface area (Å²) in [5, 5.41) is 0.